The van der Waals surface area contributed by atoms with Crippen molar-refractivity contribution in [2.45, 2.75) is 25.5 Å². The van der Waals surface area contributed by atoms with Gasteiger partial charge >= 0.3 is 0 Å². The van der Waals surface area contributed by atoms with E-state index in [2.05, 4.69) is 37.1 Å². The molecule has 1 unspecified atom stereocenters. The van der Waals surface area contributed by atoms with E-state index >= 15 is 0 Å². The molecule has 0 aromatic carbocycles. The molecule has 12 heavy (non-hydrogen) atoms. The molecule has 0 aromatic rings. The Bertz CT molecular complexity index is 156. The van der Waals surface area contributed by atoms with Crippen molar-refractivity contribution in [2.24, 2.45) is 0 Å². The molecule has 0 spiro atoms. The summed E-state index contributed by atoms with van der Waals surface area (Å²) in [6, 6.07) is 0. The van der Waals surface area contributed by atoms with Gasteiger partial charge in [-0.3, -0.25) is 0 Å². The van der Waals surface area contributed by atoms with Gasteiger partial charge in [-0.25, -0.2) is 0 Å². The van der Waals surface area contributed by atoms with Crippen LogP contribution >= 0.6 is 11.8 Å². The molecule has 0 bridgehead atoms. The van der Waals surface area contributed by atoms with Gasteiger partial charge in [0.25, 0.3) is 0 Å². The fourth-order valence-electron chi connectivity index (χ4n) is 1.44. The van der Waals surface area contributed by atoms with Gasteiger partial charge in [-0.1, -0.05) is 12.5 Å². The normalized spacial score (nSPS) is 25.7. The zero-order valence-corrected chi connectivity index (χ0v) is 8.99. The molecule has 1 nitrogen and oxygen atoms in total. The van der Waals surface area contributed by atoms with E-state index in [0.29, 0.717) is 0 Å². The molecule has 70 valence electrons. The molecule has 2 heteroatoms. The second kappa shape index (κ2) is 4.93. The van der Waals surface area contributed by atoms with Crippen molar-refractivity contribution in [3.63, 3.8) is 0 Å². The Hall–Kier alpha value is 0.0500. The van der Waals surface area contributed by atoms with Gasteiger partial charge < -0.3 is 4.90 Å². The molecule has 0 saturated carbocycles. The molecule has 0 aromatic heterocycles. The molecule has 1 saturated heterocycles. The first kappa shape index (κ1) is 10.1. The molecule has 1 fully saturated rings. The lowest BCUT2D eigenvalue weighted by atomic mass is 10.2. The summed E-state index contributed by atoms with van der Waals surface area (Å²) in [7, 11) is 0. The maximum Gasteiger partial charge on any atom is 0.0147 e. The van der Waals surface area contributed by atoms with Crippen molar-refractivity contribution in [3.8, 4) is 0 Å². The Morgan fingerprint density at radius 1 is 1.67 bits per heavy atom. The monoisotopic (exact) mass is 185 g/mol. The highest BCUT2D eigenvalue weighted by molar-refractivity contribution is 7.99. The quantitative estimate of drug-likeness (QED) is 0.621. The summed E-state index contributed by atoms with van der Waals surface area (Å²) in [6.07, 6.45) is 1.16. The molecule has 1 aliphatic heterocycles. The number of hydrogen-bond acceptors (Lipinski definition) is 2. The molecule has 1 atom stereocenters. The van der Waals surface area contributed by atoms with Gasteiger partial charge in [-0.2, -0.15) is 11.8 Å². The summed E-state index contributed by atoms with van der Waals surface area (Å²) in [5, 5.41) is 0.823. The van der Waals surface area contributed by atoms with Crippen LogP contribution in [0.15, 0.2) is 12.2 Å². The largest absolute Gasteiger partial charge is 0.301 e. The second-order valence-corrected chi connectivity index (χ2v) is 5.24. The minimum atomic E-state index is 0.823. The lowest BCUT2D eigenvalue weighted by Crippen LogP contribution is -2.37. The predicted molar refractivity (Wildman–Crippen MR) is 57.8 cm³/mol. The zero-order valence-electron chi connectivity index (χ0n) is 8.18. The van der Waals surface area contributed by atoms with Gasteiger partial charge in [-0.15, -0.1) is 6.58 Å². The van der Waals surface area contributed by atoms with Crippen LogP contribution in [0, 0.1) is 0 Å². The van der Waals surface area contributed by atoms with Crippen molar-refractivity contribution in [1.82, 2.24) is 4.90 Å². The first-order valence-electron chi connectivity index (χ1n) is 4.67. The highest BCUT2D eigenvalue weighted by Crippen LogP contribution is 2.17. The SMILES string of the molecule is C=C(C)CCN1CCSC(C)C1. The minimum Gasteiger partial charge on any atom is -0.301 e. The molecular formula is C10H19NS. The van der Waals surface area contributed by atoms with Crippen molar-refractivity contribution < 1.29 is 0 Å². The van der Waals surface area contributed by atoms with E-state index in [1.54, 1.807) is 0 Å². The smallest absolute Gasteiger partial charge is 0.0147 e. The zero-order chi connectivity index (χ0) is 8.97. The van der Waals surface area contributed by atoms with Crippen LogP contribution in [-0.4, -0.2) is 35.5 Å². The van der Waals surface area contributed by atoms with Crippen LogP contribution in [0.3, 0.4) is 0 Å². The lowest BCUT2D eigenvalue weighted by molar-refractivity contribution is 0.290. The van der Waals surface area contributed by atoms with Gasteiger partial charge in [0.05, 0.1) is 0 Å². The summed E-state index contributed by atoms with van der Waals surface area (Å²) < 4.78 is 0. The van der Waals surface area contributed by atoms with Gasteiger partial charge in [0.1, 0.15) is 0 Å². The molecular weight excluding hydrogens is 166 g/mol. The summed E-state index contributed by atoms with van der Waals surface area (Å²) in [5.41, 5.74) is 1.31. The molecule has 0 aliphatic carbocycles. The first-order valence-corrected chi connectivity index (χ1v) is 5.71. The van der Waals surface area contributed by atoms with E-state index in [-0.39, 0.29) is 0 Å². The highest BCUT2D eigenvalue weighted by Gasteiger charge is 2.15. The highest BCUT2D eigenvalue weighted by atomic mass is 32.2. The van der Waals surface area contributed by atoms with Crippen LogP contribution in [-0.2, 0) is 0 Å². The number of thioether (sulfide) groups is 1. The average Bonchev–Trinajstić information content (AvgIpc) is 2.01. The molecule has 1 aliphatic rings. The second-order valence-electron chi connectivity index (χ2n) is 3.69. The Kier molecular flexibility index (Phi) is 4.16. The maximum absolute atomic E-state index is 3.93. The van der Waals surface area contributed by atoms with E-state index in [0.717, 1.165) is 11.7 Å². The standard InChI is InChI=1S/C10H19NS/c1-9(2)4-5-11-6-7-12-10(3)8-11/h10H,1,4-8H2,2-3H3. The minimum absolute atomic E-state index is 0.823. The molecule has 1 rings (SSSR count). The van der Waals surface area contributed by atoms with Crippen molar-refractivity contribution >= 4 is 11.8 Å². The fraction of sp³-hybridized carbons (Fsp3) is 0.800. The Labute approximate surface area is 80.2 Å². The van der Waals surface area contributed by atoms with Crippen molar-refractivity contribution in [2.75, 3.05) is 25.4 Å². The third kappa shape index (κ3) is 3.63. The summed E-state index contributed by atoms with van der Waals surface area (Å²) >= 11 is 2.09. The van der Waals surface area contributed by atoms with Crippen molar-refractivity contribution in [3.05, 3.63) is 12.2 Å². The molecule has 0 radical (unpaired) electrons. The summed E-state index contributed by atoms with van der Waals surface area (Å²) in [6.45, 7) is 12.1. The van der Waals surface area contributed by atoms with Crippen LogP contribution in [0.4, 0.5) is 0 Å². The van der Waals surface area contributed by atoms with Gasteiger partial charge in [-0.05, 0) is 13.3 Å². The number of rotatable bonds is 3. The van der Waals surface area contributed by atoms with Crippen LogP contribution in [0.5, 0.6) is 0 Å². The van der Waals surface area contributed by atoms with E-state index in [1.165, 1.54) is 31.0 Å². The van der Waals surface area contributed by atoms with E-state index < -0.39 is 0 Å². The van der Waals surface area contributed by atoms with Crippen LogP contribution < -0.4 is 0 Å². The lowest BCUT2D eigenvalue weighted by Gasteiger charge is -2.30. The molecule has 0 N–H and O–H groups in total. The summed E-state index contributed by atoms with van der Waals surface area (Å²) in [4.78, 5) is 2.55. The van der Waals surface area contributed by atoms with Crippen LogP contribution in [0.1, 0.15) is 20.3 Å². The van der Waals surface area contributed by atoms with Crippen LogP contribution in [0.25, 0.3) is 0 Å². The Balaban J connectivity index is 2.18. The Morgan fingerprint density at radius 2 is 2.42 bits per heavy atom. The van der Waals surface area contributed by atoms with Crippen molar-refractivity contribution in [1.29, 1.82) is 0 Å². The van der Waals surface area contributed by atoms with Gasteiger partial charge in [0.15, 0.2) is 0 Å². The molecule has 0 amide bonds. The van der Waals surface area contributed by atoms with Gasteiger partial charge in [0, 0.05) is 30.6 Å². The summed E-state index contributed by atoms with van der Waals surface area (Å²) in [5.74, 6) is 1.30. The average molecular weight is 185 g/mol. The van der Waals surface area contributed by atoms with Crippen LogP contribution in [0.2, 0.25) is 0 Å². The van der Waals surface area contributed by atoms with E-state index in [4.69, 9.17) is 0 Å². The maximum atomic E-state index is 3.93. The third-order valence-electron chi connectivity index (χ3n) is 2.18. The Morgan fingerprint density at radius 3 is 3.00 bits per heavy atom. The first-order chi connectivity index (χ1) is 5.68. The predicted octanol–water partition coefficient (Wildman–Crippen LogP) is 2.39. The third-order valence-corrected chi connectivity index (χ3v) is 3.32. The molecule has 1 heterocycles. The van der Waals surface area contributed by atoms with E-state index in [1.807, 2.05) is 0 Å². The fourth-order valence-corrected chi connectivity index (χ4v) is 2.52. The topological polar surface area (TPSA) is 3.24 Å². The van der Waals surface area contributed by atoms with Gasteiger partial charge in [0.2, 0.25) is 0 Å². The van der Waals surface area contributed by atoms with E-state index in [9.17, 15) is 0 Å². The number of nitrogens with zero attached hydrogens (tertiary/aromatic N) is 1. The number of hydrogen-bond donors (Lipinski definition) is 0.